The summed E-state index contributed by atoms with van der Waals surface area (Å²) in [6.45, 7) is 1.86. The molecule has 5 heteroatoms. The van der Waals surface area contributed by atoms with Crippen LogP contribution in [0, 0.1) is 12.8 Å². The standard InChI is InChI=1S/C20H15NO3S/c1-11-18(19(22)12-2-3-12)14-5-4-13(10-17(14)23-11)24-16-6-8-21-15-7-9-25-20(15)16/h4-10,12H,2-3H2,1H3. The van der Waals surface area contributed by atoms with E-state index in [0.29, 0.717) is 17.1 Å². The number of carbonyl (C=O) groups excluding carboxylic acids is 1. The maximum atomic E-state index is 12.5. The molecule has 3 heterocycles. The minimum atomic E-state index is 0.180. The van der Waals surface area contributed by atoms with Crippen molar-refractivity contribution in [1.29, 1.82) is 0 Å². The van der Waals surface area contributed by atoms with Crippen LogP contribution in [0.2, 0.25) is 0 Å². The molecule has 124 valence electrons. The van der Waals surface area contributed by atoms with E-state index in [9.17, 15) is 4.79 Å². The summed E-state index contributed by atoms with van der Waals surface area (Å²) in [5.41, 5.74) is 2.35. The third-order valence-corrected chi connectivity index (χ3v) is 5.49. The van der Waals surface area contributed by atoms with Gasteiger partial charge in [0.05, 0.1) is 15.8 Å². The molecular weight excluding hydrogens is 334 g/mol. The second-order valence-corrected chi connectivity index (χ2v) is 7.29. The van der Waals surface area contributed by atoms with Crippen molar-refractivity contribution in [2.45, 2.75) is 19.8 Å². The fourth-order valence-electron chi connectivity index (χ4n) is 3.18. The zero-order chi connectivity index (χ0) is 17.0. The Hall–Kier alpha value is -2.66. The first-order valence-corrected chi connectivity index (χ1v) is 9.16. The van der Waals surface area contributed by atoms with Gasteiger partial charge in [-0.25, -0.2) is 0 Å². The van der Waals surface area contributed by atoms with Crippen LogP contribution in [0.3, 0.4) is 0 Å². The van der Waals surface area contributed by atoms with Crippen molar-refractivity contribution in [1.82, 2.24) is 4.98 Å². The smallest absolute Gasteiger partial charge is 0.170 e. The predicted octanol–water partition coefficient (Wildman–Crippen LogP) is 5.74. The maximum Gasteiger partial charge on any atom is 0.170 e. The summed E-state index contributed by atoms with van der Waals surface area (Å²) in [7, 11) is 0. The molecule has 1 aromatic carbocycles. The third-order valence-electron chi connectivity index (χ3n) is 4.57. The summed E-state index contributed by atoms with van der Waals surface area (Å²) < 4.78 is 12.9. The second-order valence-electron chi connectivity index (χ2n) is 6.38. The molecule has 0 aliphatic heterocycles. The third kappa shape index (κ3) is 2.43. The van der Waals surface area contributed by atoms with Crippen LogP contribution in [0.25, 0.3) is 21.2 Å². The molecule has 0 bridgehead atoms. The van der Waals surface area contributed by atoms with Gasteiger partial charge in [-0.3, -0.25) is 9.78 Å². The van der Waals surface area contributed by atoms with Crippen molar-refractivity contribution in [3.8, 4) is 11.5 Å². The lowest BCUT2D eigenvalue weighted by molar-refractivity contribution is 0.0967. The number of ether oxygens (including phenoxy) is 1. The van der Waals surface area contributed by atoms with Crippen molar-refractivity contribution in [3.63, 3.8) is 0 Å². The van der Waals surface area contributed by atoms with Gasteiger partial charge in [0.1, 0.15) is 22.8 Å². The molecule has 0 spiro atoms. The lowest BCUT2D eigenvalue weighted by Crippen LogP contribution is -2.01. The first kappa shape index (κ1) is 14.7. The molecule has 0 atom stereocenters. The first-order chi connectivity index (χ1) is 12.2. The Labute approximate surface area is 148 Å². The zero-order valence-corrected chi connectivity index (χ0v) is 14.4. The van der Waals surface area contributed by atoms with Gasteiger partial charge < -0.3 is 9.15 Å². The highest BCUT2D eigenvalue weighted by Crippen LogP contribution is 2.39. The van der Waals surface area contributed by atoms with Gasteiger partial charge in [0.25, 0.3) is 0 Å². The molecular formula is C20H15NO3S. The molecule has 0 unspecified atom stereocenters. The molecule has 1 fully saturated rings. The van der Waals surface area contributed by atoms with Gasteiger partial charge in [-0.15, -0.1) is 11.3 Å². The van der Waals surface area contributed by atoms with Crippen LogP contribution in [0.1, 0.15) is 29.0 Å². The van der Waals surface area contributed by atoms with E-state index in [0.717, 1.165) is 39.8 Å². The molecule has 1 aliphatic carbocycles. The number of hydrogen-bond donors (Lipinski definition) is 0. The number of aromatic nitrogens is 1. The topological polar surface area (TPSA) is 52.3 Å². The number of hydrogen-bond acceptors (Lipinski definition) is 5. The zero-order valence-electron chi connectivity index (χ0n) is 13.6. The highest BCUT2D eigenvalue weighted by Gasteiger charge is 2.33. The lowest BCUT2D eigenvalue weighted by Gasteiger charge is -2.06. The molecule has 0 saturated heterocycles. The number of rotatable bonds is 4. The van der Waals surface area contributed by atoms with Crippen molar-refractivity contribution in [2.75, 3.05) is 0 Å². The number of aryl methyl sites for hydroxylation is 1. The molecule has 0 N–H and O–H groups in total. The molecule has 0 radical (unpaired) electrons. The van der Waals surface area contributed by atoms with Crippen LogP contribution < -0.4 is 4.74 Å². The fraction of sp³-hybridized carbons (Fsp3) is 0.200. The fourth-order valence-corrected chi connectivity index (χ4v) is 3.98. The van der Waals surface area contributed by atoms with Crippen molar-refractivity contribution in [3.05, 3.63) is 53.2 Å². The van der Waals surface area contributed by atoms with Crippen LogP contribution in [0.4, 0.5) is 0 Å². The van der Waals surface area contributed by atoms with Gasteiger partial charge >= 0.3 is 0 Å². The summed E-state index contributed by atoms with van der Waals surface area (Å²) in [4.78, 5) is 16.8. The quantitative estimate of drug-likeness (QED) is 0.441. The SMILES string of the molecule is Cc1oc2cc(Oc3ccnc4ccsc34)ccc2c1C(=O)C1CC1. The minimum Gasteiger partial charge on any atom is -0.460 e. The molecule has 3 aromatic heterocycles. The van der Waals surface area contributed by atoms with Gasteiger partial charge in [-0.05, 0) is 43.3 Å². The van der Waals surface area contributed by atoms with Crippen molar-refractivity contribution in [2.24, 2.45) is 5.92 Å². The molecule has 4 nitrogen and oxygen atoms in total. The summed E-state index contributed by atoms with van der Waals surface area (Å²) in [6, 6.07) is 9.50. The largest absolute Gasteiger partial charge is 0.460 e. The van der Waals surface area contributed by atoms with Crippen LogP contribution in [-0.2, 0) is 0 Å². The monoisotopic (exact) mass is 349 g/mol. The molecule has 25 heavy (non-hydrogen) atoms. The van der Waals surface area contributed by atoms with Gasteiger partial charge in [-0.1, -0.05) is 0 Å². The highest BCUT2D eigenvalue weighted by atomic mass is 32.1. The summed E-state index contributed by atoms with van der Waals surface area (Å²) in [5, 5.41) is 2.87. The van der Waals surface area contributed by atoms with E-state index >= 15 is 0 Å². The van der Waals surface area contributed by atoms with E-state index < -0.39 is 0 Å². The molecule has 1 aliphatic rings. The Bertz CT molecular complexity index is 1120. The van der Waals surface area contributed by atoms with E-state index in [2.05, 4.69) is 4.98 Å². The summed E-state index contributed by atoms with van der Waals surface area (Å²) >= 11 is 1.60. The van der Waals surface area contributed by atoms with Crippen LogP contribution in [-0.4, -0.2) is 10.8 Å². The normalized spacial score (nSPS) is 14.3. The number of ketones is 1. The maximum absolute atomic E-state index is 12.5. The lowest BCUT2D eigenvalue weighted by atomic mass is 10.0. The molecule has 5 rings (SSSR count). The average Bonchev–Trinajstić information content (AvgIpc) is 3.25. The first-order valence-electron chi connectivity index (χ1n) is 8.28. The number of furan rings is 1. The van der Waals surface area contributed by atoms with E-state index in [1.165, 1.54) is 0 Å². The Kier molecular flexibility index (Phi) is 3.18. The predicted molar refractivity (Wildman–Crippen MR) is 97.7 cm³/mol. The van der Waals surface area contributed by atoms with Gasteiger partial charge in [-0.2, -0.15) is 0 Å². The van der Waals surface area contributed by atoms with Gasteiger partial charge in [0.15, 0.2) is 5.78 Å². The number of benzene rings is 1. The molecule has 1 saturated carbocycles. The number of thiophene rings is 1. The highest BCUT2D eigenvalue weighted by molar-refractivity contribution is 7.17. The number of nitrogens with zero attached hydrogens (tertiary/aromatic N) is 1. The number of carbonyl (C=O) groups is 1. The van der Waals surface area contributed by atoms with Crippen molar-refractivity contribution >= 4 is 38.3 Å². The van der Waals surface area contributed by atoms with E-state index in [-0.39, 0.29) is 11.7 Å². The summed E-state index contributed by atoms with van der Waals surface area (Å²) in [5.74, 6) is 2.54. The molecule has 4 aromatic rings. The second kappa shape index (κ2) is 5.43. The van der Waals surface area contributed by atoms with Gasteiger partial charge in [0, 0.05) is 29.6 Å². The van der Waals surface area contributed by atoms with E-state index in [4.69, 9.17) is 9.15 Å². The Morgan fingerprint density at radius 3 is 3.00 bits per heavy atom. The van der Waals surface area contributed by atoms with Gasteiger partial charge in [0.2, 0.25) is 0 Å². The van der Waals surface area contributed by atoms with Crippen LogP contribution >= 0.6 is 11.3 Å². The van der Waals surface area contributed by atoms with Crippen LogP contribution in [0.15, 0.2) is 46.3 Å². The van der Waals surface area contributed by atoms with E-state index in [1.54, 1.807) is 17.5 Å². The number of Topliss-reactive ketones (excluding diaryl/α,β-unsaturated/α-hetero) is 1. The average molecular weight is 349 g/mol. The van der Waals surface area contributed by atoms with Crippen molar-refractivity contribution < 1.29 is 13.9 Å². The Morgan fingerprint density at radius 2 is 2.16 bits per heavy atom. The minimum absolute atomic E-state index is 0.180. The van der Waals surface area contributed by atoms with E-state index in [1.807, 2.05) is 42.6 Å². The number of pyridine rings is 1. The Balaban J connectivity index is 1.55. The van der Waals surface area contributed by atoms with Crippen LogP contribution in [0.5, 0.6) is 11.5 Å². The molecule has 0 amide bonds. The number of fused-ring (bicyclic) bond motifs is 2. The summed E-state index contributed by atoms with van der Waals surface area (Å²) in [6.07, 6.45) is 3.72. The Morgan fingerprint density at radius 1 is 1.28 bits per heavy atom.